The molecule has 2 nitrogen and oxygen atoms in total. The molecular formula is C14H24N2. The minimum absolute atomic E-state index is 0.968. The standard InChI is InChI=1S/C14H24N2/c1-4-6-11-16(3)14-9-7-13(8-10-14)12-15-5-2/h7-10,15H,4-6,11-12H2,1-3H3. The fourth-order valence-electron chi connectivity index (χ4n) is 1.66. The zero-order valence-corrected chi connectivity index (χ0v) is 10.8. The average Bonchev–Trinajstić information content (AvgIpc) is 2.34. The maximum Gasteiger partial charge on any atom is 0.0363 e. The Morgan fingerprint density at radius 3 is 2.38 bits per heavy atom. The summed E-state index contributed by atoms with van der Waals surface area (Å²) in [6, 6.07) is 8.84. The third kappa shape index (κ3) is 4.23. The minimum atomic E-state index is 0.968. The van der Waals surface area contributed by atoms with Gasteiger partial charge in [0.15, 0.2) is 0 Å². The molecule has 0 atom stereocenters. The highest BCUT2D eigenvalue weighted by Gasteiger charge is 1.99. The molecule has 0 fully saturated rings. The maximum atomic E-state index is 3.33. The molecule has 0 radical (unpaired) electrons. The second kappa shape index (κ2) is 7.29. The molecule has 0 aliphatic carbocycles. The molecule has 0 aromatic heterocycles. The molecule has 0 amide bonds. The Bertz CT molecular complexity index is 279. The van der Waals surface area contributed by atoms with E-state index in [1.54, 1.807) is 0 Å². The first-order valence-electron chi connectivity index (χ1n) is 6.28. The smallest absolute Gasteiger partial charge is 0.0363 e. The molecule has 0 spiro atoms. The van der Waals surface area contributed by atoms with Gasteiger partial charge in [0, 0.05) is 25.8 Å². The molecule has 1 rings (SSSR count). The van der Waals surface area contributed by atoms with Crippen LogP contribution in [-0.4, -0.2) is 20.1 Å². The quantitative estimate of drug-likeness (QED) is 0.760. The molecule has 0 saturated carbocycles. The van der Waals surface area contributed by atoms with Crippen molar-refractivity contribution < 1.29 is 0 Å². The van der Waals surface area contributed by atoms with Gasteiger partial charge in [0.2, 0.25) is 0 Å². The molecule has 1 N–H and O–H groups in total. The first-order valence-corrected chi connectivity index (χ1v) is 6.28. The third-order valence-corrected chi connectivity index (χ3v) is 2.80. The molecule has 0 unspecified atom stereocenters. The Morgan fingerprint density at radius 2 is 1.81 bits per heavy atom. The summed E-state index contributed by atoms with van der Waals surface area (Å²) < 4.78 is 0. The van der Waals surface area contributed by atoms with Crippen molar-refractivity contribution in [2.24, 2.45) is 0 Å². The van der Waals surface area contributed by atoms with E-state index in [0.29, 0.717) is 0 Å². The van der Waals surface area contributed by atoms with Crippen molar-refractivity contribution in [3.8, 4) is 0 Å². The van der Waals surface area contributed by atoms with Crippen LogP contribution in [0.1, 0.15) is 32.3 Å². The van der Waals surface area contributed by atoms with Crippen LogP contribution >= 0.6 is 0 Å². The molecule has 0 heterocycles. The summed E-state index contributed by atoms with van der Waals surface area (Å²) in [5, 5.41) is 3.33. The van der Waals surface area contributed by atoms with Gasteiger partial charge in [0.1, 0.15) is 0 Å². The van der Waals surface area contributed by atoms with Gasteiger partial charge < -0.3 is 10.2 Å². The second-order valence-electron chi connectivity index (χ2n) is 4.22. The van der Waals surface area contributed by atoms with Gasteiger partial charge in [-0.15, -0.1) is 0 Å². The van der Waals surface area contributed by atoms with Crippen LogP contribution in [0.4, 0.5) is 5.69 Å². The Hall–Kier alpha value is -1.02. The van der Waals surface area contributed by atoms with Gasteiger partial charge in [-0.25, -0.2) is 0 Å². The predicted octanol–water partition coefficient (Wildman–Crippen LogP) is 3.03. The zero-order chi connectivity index (χ0) is 11.8. The number of nitrogens with one attached hydrogen (secondary N) is 1. The monoisotopic (exact) mass is 220 g/mol. The fraction of sp³-hybridized carbons (Fsp3) is 0.571. The lowest BCUT2D eigenvalue weighted by Crippen LogP contribution is -2.18. The van der Waals surface area contributed by atoms with E-state index in [9.17, 15) is 0 Å². The highest BCUT2D eigenvalue weighted by atomic mass is 15.1. The number of hydrogen-bond donors (Lipinski definition) is 1. The van der Waals surface area contributed by atoms with Crippen molar-refractivity contribution in [1.82, 2.24) is 5.32 Å². The largest absolute Gasteiger partial charge is 0.375 e. The van der Waals surface area contributed by atoms with Crippen molar-refractivity contribution in [3.05, 3.63) is 29.8 Å². The van der Waals surface area contributed by atoms with Crippen molar-refractivity contribution in [3.63, 3.8) is 0 Å². The van der Waals surface area contributed by atoms with Crippen LogP contribution in [0, 0.1) is 0 Å². The van der Waals surface area contributed by atoms with Gasteiger partial charge in [-0.1, -0.05) is 32.4 Å². The van der Waals surface area contributed by atoms with Crippen molar-refractivity contribution >= 4 is 5.69 Å². The third-order valence-electron chi connectivity index (χ3n) is 2.80. The Kier molecular flexibility index (Phi) is 5.94. The number of anilines is 1. The van der Waals surface area contributed by atoms with E-state index in [2.05, 4.69) is 55.4 Å². The molecule has 2 heteroatoms. The molecule has 0 aliphatic rings. The van der Waals surface area contributed by atoms with E-state index in [0.717, 1.165) is 19.6 Å². The topological polar surface area (TPSA) is 15.3 Å². The molecule has 90 valence electrons. The molecule has 0 saturated heterocycles. The Labute approximate surface area is 99.7 Å². The van der Waals surface area contributed by atoms with Crippen LogP contribution in [0.5, 0.6) is 0 Å². The van der Waals surface area contributed by atoms with Crippen LogP contribution in [0.2, 0.25) is 0 Å². The SMILES string of the molecule is CCCCN(C)c1ccc(CNCC)cc1. The normalized spacial score (nSPS) is 10.4. The summed E-state index contributed by atoms with van der Waals surface area (Å²) in [7, 11) is 2.16. The maximum absolute atomic E-state index is 3.33. The van der Waals surface area contributed by atoms with E-state index in [4.69, 9.17) is 0 Å². The highest BCUT2D eigenvalue weighted by Crippen LogP contribution is 2.14. The average molecular weight is 220 g/mol. The first kappa shape index (κ1) is 13.0. The van der Waals surface area contributed by atoms with Crippen LogP contribution < -0.4 is 10.2 Å². The predicted molar refractivity (Wildman–Crippen MR) is 72.0 cm³/mol. The van der Waals surface area contributed by atoms with Gasteiger partial charge in [-0.05, 0) is 30.7 Å². The van der Waals surface area contributed by atoms with Crippen LogP contribution in [0.15, 0.2) is 24.3 Å². The number of hydrogen-bond acceptors (Lipinski definition) is 2. The number of rotatable bonds is 7. The molecule has 0 bridgehead atoms. The van der Waals surface area contributed by atoms with E-state index in [1.165, 1.54) is 24.1 Å². The van der Waals surface area contributed by atoms with Gasteiger partial charge >= 0.3 is 0 Å². The summed E-state index contributed by atoms with van der Waals surface area (Å²) in [6.45, 7) is 7.50. The molecule has 1 aromatic rings. The van der Waals surface area contributed by atoms with E-state index < -0.39 is 0 Å². The second-order valence-corrected chi connectivity index (χ2v) is 4.22. The summed E-state index contributed by atoms with van der Waals surface area (Å²) in [5.74, 6) is 0. The Balaban J connectivity index is 2.49. The molecular weight excluding hydrogens is 196 g/mol. The Morgan fingerprint density at radius 1 is 1.12 bits per heavy atom. The first-order chi connectivity index (χ1) is 7.77. The summed E-state index contributed by atoms with van der Waals surface area (Å²) >= 11 is 0. The van der Waals surface area contributed by atoms with Crippen LogP contribution in [-0.2, 0) is 6.54 Å². The minimum Gasteiger partial charge on any atom is -0.375 e. The number of unbranched alkanes of at least 4 members (excludes halogenated alkanes) is 1. The summed E-state index contributed by atoms with van der Waals surface area (Å²) in [4.78, 5) is 2.32. The fourth-order valence-corrected chi connectivity index (χ4v) is 1.66. The van der Waals surface area contributed by atoms with E-state index in [-0.39, 0.29) is 0 Å². The van der Waals surface area contributed by atoms with E-state index >= 15 is 0 Å². The lowest BCUT2D eigenvalue weighted by Gasteiger charge is -2.19. The van der Waals surface area contributed by atoms with Crippen molar-refractivity contribution in [2.45, 2.75) is 33.2 Å². The van der Waals surface area contributed by atoms with Gasteiger partial charge in [-0.2, -0.15) is 0 Å². The zero-order valence-electron chi connectivity index (χ0n) is 10.8. The van der Waals surface area contributed by atoms with Crippen molar-refractivity contribution in [2.75, 3.05) is 25.0 Å². The van der Waals surface area contributed by atoms with Gasteiger partial charge in [0.05, 0.1) is 0 Å². The lowest BCUT2D eigenvalue weighted by molar-refractivity contribution is 0.726. The molecule has 0 aliphatic heterocycles. The number of nitrogens with zero attached hydrogens (tertiary/aromatic N) is 1. The summed E-state index contributed by atoms with van der Waals surface area (Å²) in [5.41, 5.74) is 2.67. The summed E-state index contributed by atoms with van der Waals surface area (Å²) in [6.07, 6.45) is 2.51. The van der Waals surface area contributed by atoms with Crippen LogP contribution in [0.25, 0.3) is 0 Å². The number of benzene rings is 1. The molecule has 16 heavy (non-hydrogen) atoms. The van der Waals surface area contributed by atoms with Gasteiger partial charge in [0.25, 0.3) is 0 Å². The molecule has 1 aromatic carbocycles. The van der Waals surface area contributed by atoms with Gasteiger partial charge in [-0.3, -0.25) is 0 Å². The lowest BCUT2D eigenvalue weighted by atomic mass is 10.2. The van der Waals surface area contributed by atoms with Crippen molar-refractivity contribution in [1.29, 1.82) is 0 Å². The van der Waals surface area contributed by atoms with E-state index in [1.807, 2.05) is 0 Å². The highest BCUT2D eigenvalue weighted by molar-refractivity contribution is 5.46. The van der Waals surface area contributed by atoms with Crippen LogP contribution in [0.3, 0.4) is 0 Å².